The number of hydrogen-bond acceptors (Lipinski definition) is 3. The average molecular weight is 601 g/mol. The molecule has 0 radical (unpaired) electrons. The molecule has 0 saturated heterocycles. The Morgan fingerprint density at radius 1 is 0.976 bits per heavy atom. The molecule has 10 atom stereocenters. The van der Waals surface area contributed by atoms with Crippen LogP contribution >= 0.6 is 12.4 Å². The van der Waals surface area contributed by atoms with Gasteiger partial charge in [-0.05, 0) is 109 Å². The molecule has 0 heterocycles. The van der Waals surface area contributed by atoms with E-state index in [2.05, 4.69) is 39.9 Å². The molecule has 1 amide bonds. The summed E-state index contributed by atoms with van der Waals surface area (Å²) in [6.45, 7) is 13.3. The molecule has 5 heteroatoms. The molecule has 3 N–H and O–H groups in total. The molecule has 0 aromatic heterocycles. The molecule has 238 valence electrons. The largest absolute Gasteiger partial charge is 0.375 e. The fourth-order valence-corrected chi connectivity index (χ4v) is 10.8. The summed E-state index contributed by atoms with van der Waals surface area (Å²) in [5, 5.41) is 3.52. The van der Waals surface area contributed by atoms with Gasteiger partial charge in [0.25, 0.3) is 0 Å². The first kappa shape index (κ1) is 33.8. The summed E-state index contributed by atoms with van der Waals surface area (Å²) in [5.74, 6) is 5.67. The number of amides is 1. The number of carbonyl (C=O) groups is 1. The standard InChI is InChI=1S/C37H60N2O2.ClH/c1-25(2)11-9-12-26(3)30-19-20-31-29-18-17-28-15-10-16-34(37(28,5)32(29)21-22-36(30,31)4)39-35(40)33(38)24-41-23-27-13-7-6-8-14-27;/h6-8,13-14,25-26,28-34H,9-12,15-24,38H2,1-5H3,(H,39,40);1H/t26-,28?,29+,30-,31+,32+,33+,34?,36-,37+;/m1./s1. The predicted octanol–water partition coefficient (Wildman–Crippen LogP) is 8.56. The van der Waals surface area contributed by atoms with Gasteiger partial charge in [0.1, 0.15) is 6.04 Å². The van der Waals surface area contributed by atoms with Crippen LogP contribution in [-0.4, -0.2) is 24.6 Å². The zero-order valence-electron chi connectivity index (χ0n) is 27.3. The predicted molar refractivity (Wildman–Crippen MR) is 176 cm³/mol. The van der Waals surface area contributed by atoms with E-state index in [1.165, 1.54) is 70.6 Å². The Morgan fingerprint density at radius 3 is 2.48 bits per heavy atom. The Bertz CT molecular complexity index is 1000. The highest BCUT2D eigenvalue weighted by Crippen LogP contribution is 2.68. The lowest BCUT2D eigenvalue weighted by atomic mass is 9.43. The van der Waals surface area contributed by atoms with Crippen molar-refractivity contribution >= 4 is 18.3 Å². The van der Waals surface area contributed by atoms with Crippen LogP contribution in [0.3, 0.4) is 0 Å². The third-order valence-corrected chi connectivity index (χ3v) is 13.0. The van der Waals surface area contributed by atoms with Gasteiger partial charge in [0.05, 0.1) is 13.2 Å². The van der Waals surface area contributed by atoms with Gasteiger partial charge in [-0.3, -0.25) is 4.79 Å². The number of benzene rings is 1. The fourth-order valence-electron chi connectivity index (χ4n) is 10.8. The first-order valence-corrected chi connectivity index (χ1v) is 17.3. The van der Waals surface area contributed by atoms with Crippen molar-refractivity contribution in [3.05, 3.63) is 35.9 Å². The van der Waals surface area contributed by atoms with E-state index in [9.17, 15) is 4.79 Å². The van der Waals surface area contributed by atoms with Crippen LogP contribution in [0.15, 0.2) is 30.3 Å². The SMILES string of the molecule is CC(C)CCC[C@@H](C)[C@H]1CC[C@H]2[C@@H]3CCC4CCCC(NC(=O)[C@@H](N)COCc5ccccc5)[C@]4(C)[C@H]3CC[C@]12C.Cl. The van der Waals surface area contributed by atoms with Crippen molar-refractivity contribution in [1.82, 2.24) is 5.32 Å². The molecular weight excluding hydrogens is 540 g/mol. The van der Waals surface area contributed by atoms with Crippen molar-refractivity contribution in [2.75, 3.05) is 6.61 Å². The molecule has 4 aliphatic carbocycles. The van der Waals surface area contributed by atoms with Gasteiger partial charge >= 0.3 is 0 Å². The lowest BCUT2D eigenvalue weighted by Gasteiger charge is -2.63. The van der Waals surface area contributed by atoms with E-state index in [4.69, 9.17) is 10.5 Å². The number of carbonyl (C=O) groups excluding carboxylic acids is 1. The van der Waals surface area contributed by atoms with Crippen LogP contribution in [0.5, 0.6) is 0 Å². The van der Waals surface area contributed by atoms with Crippen LogP contribution in [-0.2, 0) is 16.1 Å². The second kappa shape index (κ2) is 14.3. The van der Waals surface area contributed by atoms with E-state index in [1.54, 1.807) is 0 Å². The van der Waals surface area contributed by atoms with E-state index < -0.39 is 6.04 Å². The molecule has 0 spiro atoms. The van der Waals surface area contributed by atoms with Gasteiger partial charge in [0.2, 0.25) is 5.91 Å². The molecular formula is C37H61ClN2O2. The van der Waals surface area contributed by atoms with Gasteiger partial charge < -0.3 is 15.8 Å². The third-order valence-electron chi connectivity index (χ3n) is 13.0. The molecule has 1 aromatic carbocycles. The van der Waals surface area contributed by atoms with Crippen LogP contribution in [0.2, 0.25) is 0 Å². The van der Waals surface area contributed by atoms with Crippen LogP contribution in [0.25, 0.3) is 0 Å². The minimum Gasteiger partial charge on any atom is -0.375 e. The Hall–Kier alpha value is -1.10. The fraction of sp³-hybridized carbons (Fsp3) is 0.811. The van der Waals surface area contributed by atoms with E-state index in [0.29, 0.717) is 12.0 Å². The Kier molecular flexibility index (Phi) is 11.5. The summed E-state index contributed by atoms with van der Waals surface area (Å²) < 4.78 is 5.85. The zero-order valence-corrected chi connectivity index (χ0v) is 28.1. The maximum absolute atomic E-state index is 13.4. The topological polar surface area (TPSA) is 64.4 Å². The smallest absolute Gasteiger partial charge is 0.239 e. The first-order chi connectivity index (χ1) is 19.6. The molecule has 2 unspecified atom stereocenters. The summed E-state index contributed by atoms with van der Waals surface area (Å²) in [4.78, 5) is 13.4. The quantitative estimate of drug-likeness (QED) is 0.267. The van der Waals surface area contributed by atoms with E-state index in [0.717, 1.165) is 53.4 Å². The maximum atomic E-state index is 13.4. The van der Waals surface area contributed by atoms with Crippen LogP contribution in [0, 0.1) is 52.3 Å². The van der Waals surface area contributed by atoms with E-state index in [-0.39, 0.29) is 36.4 Å². The van der Waals surface area contributed by atoms with Crippen LogP contribution < -0.4 is 11.1 Å². The highest BCUT2D eigenvalue weighted by molar-refractivity contribution is 5.85. The van der Waals surface area contributed by atoms with Crippen LogP contribution in [0.1, 0.15) is 117 Å². The van der Waals surface area contributed by atoms with Gasteiger partial charge in [-0.15, -0.1) is 12.4 Å². The van der Waals surface area contributed by atoms with E-state index >= 15 is 0 Å². The highest BCUT2D eigenvalue weighted by Gasteiger charge is 2.62. The molecule has 1 aromatic rings. The van der Waals surface area contributed by atoms with Gasteiger partial charge in [0, 0.05) is 6.04 Å². The molecule has 4 nitrogen and oxygen atoms in total. The lowest BCUT2D eigenvalue weighted by molar-refractivity contribution is -0.140. The minimum atomic E-state index is -0.621. The summed E-state index contributed by atoms with van der Waals surface area (Å²) in [5.41, 5.74) is 8.19. The average Bonchev–Trinajstić information content (AvgIpc) is 3.31. The number of halogens is 1. The van der Waals surface area contributed by atoms with Crippen molar-refractivity contribution < 1.29 is 9.53 Å². The molecule has 0 aliphatic heterocycles. The van der Waals surface area contributed by atoms with Gasteiger partial charge in [-0.2, -0.15) is 0 Å². The van der Waals surface area contributed by atoms with Gasteiger partial charge in [-0.1, -0.05) is 90.6 Å². The molecule has 4 fully saturated rings. The van der Waals surface area contributed by atoms with Crippen molar-refractivity contribution in [2.24, 2.45) is 58.0 Å². The summed E-state index contributed by atoms with van der Waals surface area (Å²) >= 11 is 0. The Morgan fingerprint density at radius 2 is 1.74 bits per heavy atom. The lowest BCUT2D eigenvalue weighted by Crippen LogP contribution is -2.63. The highest BCUT2D eigenvalue weighted by atomic mass is 35.5. The van der Waals surface area contributed by atoms with Gasteiger partial charge in [-0.25, -0.2) is 0 Å². The molecule has 4 saturated carbocycles. The second-order valence-corrected chi connectivity index (χ2v) is 15.6. The number of nitrogens with two attached hydrogens (primary N) is 1. The molecule has 5 rings (SSSR count). The zero-order chi connectivity index (χ0) is 29.2. The number of fused-ring (bicyclic) bond motifs is 5. The maximum Gasteiger partial charge on any atom is 0.239 e. The van der Waals surface area contributed by atoms with Gasteiger partial charge in [0.15, 0.2) is 0 Å². The number of ether oxygens (including phenoxy) is 1. The molecule has 0 bridgehead atoms. The number of hydrogen-bond donors (Lipinski definition) is 2. The van der Waals surface area contributed by atoms with Crippen molar-refractivity contribution in [3.63, 3.8) is 0 Å². The number of nitrogens with one attached hydrogen (secondary N) is 1. The summed E-state index contributed by atoms with van der Waals surface area (Å²) in [7, 11) is 0. The first-order valence-electron chi connectivity index (χ1n) is 17.3. The van der Waals surface area contributed by atoms with Crippen molar-refractivity contribution in [1.29, 1.82) is 0 Å². The van der Waals surface area contributed by atoms with Crippen molar-refractivity contribution in [2.45, 2.75) is 130 Å². The Balaban J connectivity index is 0.00000405. The number of rotatable bonds is 11. The molecule has 4 aliphatic rings. The minimum absolute atomic E-state index is 0. The van der Waals surface area contributed by atoms with E-state index in [1.807, 2.05) is 30.3 Å². The third kappa shape index (κ3) is 6.76. The van der Waals surface area contributed by atoms with Crippen LogP contribution in [0.4, 0.5) is 0 Å². The molecule has 42 heavy (non-hydrogen) atoms. The summed E-state index contributed by atoms with van der Waals surface area (Å²) in [6, 6.07) is 9.73. The Labute approximate surface area is 263 Å². The van der Waals surface area contributed by atoms with Crippen molar-refractivity contribution in [3.8, 4) is 0 Å². The second-order valence-electron chi connectivity index (χ2n) is 15.6. The monoisotopic (exact) mass is 600 g/mol. The summed E-state index contributed by atoms with van der Waals surface area (Å²) in [6.07, 6.45) is 16.2. The normalized spacial score (nSPS) is 37.1.